The van der Waals surface area contributed by atoms with Crippen molar-refractivity contribution in [3.63, 3.8) is 0 Å². The van der Waals surface area contributed by atoms with Gasteiger partial charge in [-0.1, -0.05) is 42.5 Å². The van der Waals surface area contributed by atoms with E-state index in [4.69, 9.17) is 0 Å². The van der Waals surface area contributed by atoms with Gasteiger partial charge in [0.15, 0.2) is 0 Å². The van der Waals surface area contributed by atoms with E-state index in [0.29, 0.717) is 6.54 Å². The molecule has 0 aromatic heterocycles. The average molecular weight is 338 g/mol. The average Bonchev–Trinajstić information content (AvgIpc) is 3.30. The van der Waals surface area contributed by atoms with Crippen LogP contribution in [0.4, 0.5) is 0 Å². The Bertz CT molecular complexity index is 713. The van der Waals surface area contributed by atoms with Crippen molar-refractivity contribution in [2.24, 2.45) is 23.7 Å². The van der Waals surface area contributed by atoms with Crippen molar-refractivity contribution in [3.05, 3.63) is 48.0 Å². The second-order valence-electron chi connectivity index (χ2n) is 7.31. The summed E-state index contributed by atoms with van der Waals surface area (Å²) in [5.74, 6) is -0.592. The van der Waals surface area contributed by atoms with E-state index in [-0.39, 0.29) is 47.9 Å². The van der Waals surface area contributed by atoms with Gasteiger partial charge in [0.2, 0.25) is 17.7 Å². The summed E-state index contributed by atoms with van der Waals surface area (Å²) in [6.45, 7) is 0.439. The van der Waals surface area contributed by atoms with Crippen LogP contribution in [0.3, 0.4) is 0 Å². The molecule has 4 atom stereocenters. The van der Waals surface area contributed by atoms with Crippen LogP contribution in [0, 0.1) is 23.7 Å². The summed E-state index contributed by atoms with van der Waals surface area (Å²) in [6.07, 6.45) is 5.79. The summed E-state index contributed by atoms with van der Waals surface area (Å²) >= 11 is 0. The molecule has 25 heavy (non-hydrogen) atoms. The van der Waals surface area contributed by atoms with Crippen LogP contribution in [0.2, 0.25) is 0 Å². The fourth-order valence-electron chi connectivity index (χ4n) is 4.44. The molecule has 3 amide bonds. The maximum Gasteiger partial charge on any atom is 0.242 e. The maximum absolute atomic E-state index is 12.6. The van der Waals surface area contributed by atoms with Gasteiger partial charge in [0, 0.05) is 13.6 Å². The highest BCUT2D eigenvalue weighted by molar-refractivity contribution is 6.08. The summed E-state index contributed by atoms with van der Waals surface area (Å²) in [7, 11) is 1.72. The monoisotopic (exact) mass is 338 g/mol. The summed E-state index contributed by atoms with van der Waals surface area (Å²) in [5.41, 5.74) is 1.16. The molecule has 1 heterocycles. The van der Waals surface area contributed by atoms with E-state index >= 15 is 0 Å². The SMILES string of the molecule is CN(CCc1ccccc1)C(=O)CN1C(=O)[C@H]2[C@H](C1=O)[C@H]1C=C[C@H]2C1. The molecule has 2 aliphatic carbocycles. The van der Waals surface area contributed by atoms with Gasteiger partial charge < -0.3 is 4.90 Å². The minimum absolute atomic E-state index is 0.130. The van der Waals surface area contributed by atoms with E-state index in [0.717, 1.165) is 18.4 Å². The van der Waals surface area contributed by atoms with Crippen LogP contribution in [0.15, 0.2) is 42.5 Å². The number of benzene rings is 1. The zero-order valence-corrected chi connectivity index (χ0v) is 14.3. The number of imide groups is 1. The predicted molar refractivity (Wildman–Crippen MR) is 92.2 cm³/mol. The zero-order chi connectivity index (χ0) is 17.6. The van der Waals surface area contributed by atoms with E-state index in [9.17, 15) is 14.4 Å². The molecule has 1 aliphatic heterocycles. The van der Waals surface area contributed by atoms with Crippen LogP contribution in [-0.4, -0.2) is 47.7 Å². The Morgan fingerprint density at radius 2 is 1.68 bits per heavy atom. The third kappa shape index (κ3) is 2.68. The van der Waals surface area contributed by atoms with Gasteiger partial charge in [-0.15, -0.1) is 0 Å². The number of hydrogen-bond acceptors (Lipinski definition) is 3. The molecule has 1 saturated carbocycles. The topological polar surface area (TPSA) is 57.7 Å². The van der Waals surface area contributed by atoms with Gasteiger partial charge >= 0.3 is 0 Å². The second-order valence-corrected chi connectivity index (χ2v) is 7.31. The minimum Gasteiger partial charge on any atom is -0.344 e. The number of amides is 3. The molecule has 3 aliphatic rings. The van der Waals surface area contributed by atoms with Crippen LogP contribution in [0.5, 0.6) is 0 Å². The molecular formula is C20H22N2O3. The van der Waals surface area contributed by atoms with Crippen LogP contribution >= 0.6 is 0 Å². The third-order valence-corrected chi connectivity index (χ3v) is 5.86. The van der Waals surface area contributed by atoms with Crippen molar-refractivity contribution in [1.29, 1.82) is 0 Å². The molecule has 1 aromatic rings. The molecule has 1 saturated heterocycles. The molecule has 0 unspecified atom stereocenters. The van der Waals surface area contributed by atoms with E-state index in [1.54, 1.807) is 11.9 Å². The smallest absolute Gasteiger partial charge is 0.242 e. The molecule has 5 nitrogen and oxygen atoms in total. The first-order chi connectivity index (χ1) is 12.1. The Hall–Kier alpha value is -2.43. The van der Waals surface area contributed by atoms with Gasteiger partial charge in [0.25, 0.3) is 0 Å². The lowest BCUT2D eigenvalue weighted by atomic mass is 9.85. The van der Waals surface area contributed by atoms with E-state index in [1.807, 2.05) is 30.3 Å². The van der Waals surface area contributed by atoms with Gasteiger partial charge in [0.1, 0.15) is 6.54 Å². The number of likely N-dealkylation sites (N-methyl/N-ethyl adjacent to an activating group) is 1. The molecule has 2 fully saturated rings. The zero-order valence-electron chi connectivity index (χ0n) is 14.3. The summed E-state index contributed by atoms with van der Waals surface area (Å²) in [6, 6.07) is 9.95. The maximum atomic E-state index is 12.6. The Morgan fingerprint density at radius 1 is 1.08 bits per heavy atom. The molecule has 0 spiro atoms. The quantitative estimate of drug-likeness (QED) is 0.604. The summed E-state index contributed by atoms with van der Waals surface area (Å²) in [5, 5.41) is 0. The number of allylic oxidation sites excluding steroid dienone is 2. The molecule has 130 valence electrons. The molecular weight excluding hydrogens is 316 g/mol. The number of carbonyl (C=O) groups excluding carboxylic acids is 3. The summed E-state index contributed by atoms with van der Waals surface area (Å²) < 4.78 is 0. The first-order valence-electron chi connectivity index (χ1n) is 8.87. The molecule has 1 aromatic carbocycles. The number of fused-ring (bicyclic) bond motifs is 5. The third-order valence-electron chi connectivity index (χ3n) is 5.86. The van der Waals surface area contributed by atoms with E-state index in [1.165, 1.54) is 4.90 Å². The van der Waals surface area contributed by atoms with E-state index in [2.05, 4.69) is 12.2 Å². The van der Waals surface area contributed by atoms with Crippen LogP contribution in [-0.2, 0) is 20.8 Å². The first-order valence-corrected chi connectivity index (χ1v) is 8.87. The lowest BCUT2D eigenvalue weighted by Gasteiger charge is -2.22. The lowest BCUT2D eigenvalue weighted by Crippen LogP contribution is -2.43. The fraction of sp³-hybridized carbons (Fsp3) is 0.450. The van der Waals surface area contributed by atoms with E-state index < -0.39 is 0 Å². The second kappa shape index (κ2) is 6.14. The number of nitrogens with zero attached hydrogens (tertiary/aromatic N) is 2. The Labute approximate surface area is 147 Å². The van der Waals surface area contributed by atoms with Gasteiger partial charge in [-0.05, 0) is 30.2 Å². The number of carbonyl (C=O) groups is 3. The van der Waals surface area contributed by atoms with Crippen molar-refractivity contribution in [1.82, 2.24) is 9.80 Å². The number of rotatable bonds is 5. The van der Waals surface area contributed by atoms with Crippen LogP contribution in [0.25, 0.3) is 0 Å². The minimum atomic E-state index is -0.232. The highest BCUT2D eigenvalue weighted by atomic mass is 16.2. The van der Waals surface area contributed by atoms with Gasteiger partial charge in [-0.25, -0.2) is 0 Å². The van der Waals surface area contributed by atoms with Crippen molar-refractivity contribution in [2.45, 2.75) is 12.8 Å². The fourth-order valence-corrected chi connectivity index (χ4v) is 4.44. The van der Waals surface area contributed by atoms with Crippen LogP contribution in [0.1, 0.15) is 12.0 Å². The van der Waals surface area contributed by atoms with Crippen LogP contribution < -0.4 is 0 Å². The lowest BCUT2D eigenvalue weighted by molar-refractivity contribution is -0.146. The molecule has 4 rings (SSSR count). The summed E-state index contributed by atoms with van der Waals surface area (Å²) in [4.78, 5) is 40.5. The number of likely N-dealkylation sites (tertiary alicyclic amines) is 1. The molecule has 5 heteroatoms. The highest BCUT2D eigenvalue weighted by Gasteiger charge is 2.59. The van der Waals surface area contributed by atoms with Gasteiger partial charge in [-0.3, -0.25) is 19.3 Å². The molecule has 2 bridgehead atoms. The standard InChI is InChI=1S/C20H22N2O3/c1-21(10-9-13-5-3-2-4-6-13)16(23)12-22-19(24)17-14-7-8-15(11-14)18(17)20(22)25/h2-8,14-15,17-18H,9-12H2,1H3/t14-,15-,17+,18+/m0/s1. The largest absolute Gasteiger partial charge is 0.344 e. The Morgan fingerprint density at radius 3 is 2.28 bits per heavy atom. The van der Waals surface area contributed by atoms with Crippen molar-refractivity contribution >= 4 is 17.7 Å². The Kier molecular flexibility index (Phi) is 3.94. The Balaban J connectivity index is 1.36. The first kappa shape index (κ1) is 16.1. The van der Waals surface area contributed by atoms with Gasteiger partial charge in [0.05, 0.1) is 11.8 Å². The normalized spacial score (nSPS) is 29.4. The number of hydrogen-bond donors (Lipinski definition) is 0. The van der Waals surface area contributed by atoms with Gasteiger partial charge in [-0.2, -0.15) is 0 Å². The van der Waals surface area contributed by atoms with Crippen molar-refractivity contribution in [2.75, 3.05) is 20.1 Å². The van der Waals surface area contributed by atoms with Crippen molar-refractivity contribution in [3.8, 4) is 0 Å². The predicted octanol–water partition coefficient (Wildman–Crippen LogP) is 1.49. The highest BCUT2D eigenvalue weighted by Crippen LogP contribution is 2.52. The molecule has 0 N–H and O–H groups in total. The van der Waals surface area contributed by atoms with Crippen molar-refractivity contribution < 1.29 is 14.4 Å². The molecule has 0 radical (unpaired) electrons.